The Balaban J connectivity index is 2.19. The molecule has 0 aliphatic heterocycles. The van der Waals surface area contributed by atoms with Crippen LogP contribution in [0.2, 0.25) is 0 Å². The molecule has 0 saturated heterocycles. The van der Waals surface area contributed by atoms with E-state index in [2.05, 4.69) is 9.71 Å². The van der Waals surface area contributed by atoms with E-state index in [0.717, 1.165) is 29.5 Å². The minimum absolute atomic E-state index is 0.0765. The maximum absolute atomic E-state index is 13.2. The second-order valence-electron chi connectivity index (χ2n) is 3.91. The van der Waals surface area contributed by atoms with Crippen molar-refractivity contribution >= 4 is 21.4 Å². The van der Waals surface area contributed by atoms with Crippen LogP contribution in [-0.2, 0) is 23.2 Å². The number of aliphatic hydroxyl groups is 1. The van der Waals surface area contributed by atoms with Gasteiger partial charge in [0.1, 0.15) is 5.82 Å². The third kappa shape index (κ3) is 3.31. The standard InChI is InChI=1S/C11H11FN2O4S2/c12-10-2-1-9(3-7(10)5-15)20(17,18)13-4-8-6-19-11(16)14-8/h1-3,6,13,15H,4-5H2,(H,14,16). The number of sulfonamides is 1. The smallest absolute Gasteiger partial charge is 0.304 e. The van der Waals surface area contributed by atoms with Crippen molar-refractivity contribution in [1.29, 1.82) is 0 Å². The maximum Gasteiger partial charge on any atom is 0.304 e. The molecule has 2 aromatic rings. The number of benzene rings is 1. The maximum atomic E-state index is 13.2. The average Bonchev–Trinajstić information content (AvgIpc) is 2.83. The molecule has 0 aliphatic carbocycles. The summed E-state index contributed by atoms with van der Waals surface area (Å²) in [6.07, 6.45) is 0. The topological polar surface area (TPSA) is 99.3 Å². The number of nitrogens with one attached hydrogen (secondary N) is 2. The van der Waals surface area contributed by atoms with Crippen LogP contribution in [0.5, 0.6) is 0 Å². The molecule has 0 spiro atoms. The Kier molecular flexibility index (Phi) is 4.33. The zero-order valence-corrected chi connectivity index (χ0v) is 11.7. The van der Waals surface area contributed by atoms with E-state index in [1.54, 1.807) is 0 Å². The van der Waals surface area contributed by atoms with Gasteiger partial charge in [-0.05, 0) is 18.2 Å². The summed E-state index contributed by atoms with van der Waals surface area (Å²) >= 11 is 0.930. The van der Waals surface area contributed by atoms with E-state index in [-0.39, 0.29) is 21.9 Å². The van der Waals surface area contributed by atoms with Crippen molar-refractivity contribution in [2.45, 2.75) is 18.0 Å². The Morgan fingerprint density at radius 3 is 2.75 bits per heavy atom. The fraction of sp³-hybridized carbons (Fsp3) is 0.182. The molecule has 6 nitrogen and oxygen atoms in total. The van der Waals surface area contributed by atoms with Gasteiger partial charge < -0.3 is 10.1 Å². The molecule has 1 heterocycles. The van der Waals surface area contributed by atoms with E-state index >= 15 is 0 Å². The molecule has 0 unspecified atom stereocenters. The van der Waals surface area contributed by atoms with Gasteiger partial charge in [-0.1, -0.05) is 11.3 Å². The van der Waals surface area contributed by atoms with Crippen LogP contribution >= 0.6 is 11.3 Å². The summed E-state index contributed by atoms with van der Waals surface area (Å²) in [5, 5.41) is 10.4. The summed E-state index contributed by atoms with van der Waals surface area (Å²) in [6, 6.07) is 3.15. The van der Waals surface area contributed by atoms with E-state index in [9.17, 15) is 17.6 Å². The first kappa shape index (κ1) is 14.9. The average molecular weight is 318 g/mol. The van der Waals surface area contributed by atoms with Crippen molar-refractivity contribution in [2.24, 2.45) is 0 Å². The molecule has 0 saturated carbocycles. The van der Waals surface area contributed by atoms with Gasteiger partial charge >= 0.3 is 4.87 Å². The van der Waals surface area contributed by atoms with Gasteiger partial charge in [-0.3, -0.25) is 4.79 Å². The first-order valence-electron chi connectivity index (χ1n) is 5.48. The van der Waals surface area contributed by atoms with Gasteiger partial charge in [0.25, 0.3) is 0 Å². The Morgan fingerprint density at radius 1 is 1.40 bits per heavy atom. The van der Waals surface area contributed by atoms with Crippen molar-refractivity contribution in [1.82, 2.24) is 9.71 Å². The molecular weight excluding hydrogens is 307 g/mol. The van der Waals surface area contributed by atoms with Crippen molar-refractivity contribution in [3.05, 3.63) is 50.3 Å². The third-order valence-corrected chi connectivity index (χ3v) is 4.64. The van der Waals surface area contributed by atoms with Gasteiger partial charge in [0, 0.05) is 16.6 Å². The monoisotopic (exact) mass is 318 g/mol. The lowest BCUT2D eigenvalue weighted by Crippen LogP contribution is -2.24. The fourth-order valence-electron chi connectivity index (χ4n) is 1.50. The largest absolute Gasteiger partial charge is 0.392 e. The first-order valence-corrected chi connectivity index (χ1v) is 7.84. The summed E-state index contributed by atoms with van der Waals surface area (Å²) in [5.74, 6) is -0.673. The van der Waals surface area contributed by atoms with Crippen LogP contribution in [0.4, 0.5) is 4.39 Å². The predicted molar refractivity (Wildman–Crippen MR) is 71.3 cm³/mol. The Bertz CT molecular complexity index is 767. The van der Waals surface area contributed by atoms with Crippen molar-refractivity contribution in [3.8, 4) is 0 Å². The van der Waals surface area contributed by atoms with E-state index in [0.29, 0.717) is 5.69 Å². The van der Waals surface area contributed by atoms with Crippen LogP contribution in [0.25, 0.3) is 0 Å². The highest BCUT2D eigenvalue weighted by Crippen LogP contribution is 2.15. The highest BCUT2D eigenvalue weighted by molar-refractivity contribution is 7.89. The summed E-state index contributed by atoms with van der Waals surface area (Å²) < 4.78 is 39.5. The van der Waals surface area contributed by atoms with Gasteiger partial charge in [-0.25, -0.2) is 17.5 Å². The number of halogens is 1. The van der Waals surface area contributed by atoms with Crippen LogP contribution in [0.3, 0.4) is 0 Å². The van der Waals surface area contributed by atoms with E-state index in [1.807, 2.05) is 0 Å². The molecule has 20 heavy (non-hydrogen) atoms. The normalized spacial score (nSPS) is 11.7. The van der Waals surface area contributed by atoms with E-state index in [1.165, 1.54) is 5.38 Å². The third-order valence-electron chi connectivity index (χ3n) is 2.52. The van der Waals surface area contributed by atoms with Crippen LogP contribution < -0.4 is 9.60 Å². The summed E-state index contributed by atoms with van der Waals surface area (Å²) in [6.45, 7) is -0.667. The van der Waals surface area contributed by atoms with Gasteiger partial charge in [0.2, 0.25) is 10.0 Å². The van der Waals surface area contributed by atoms with Gasteiger partial charge in [-0.2, -0.15) is 0 Å². The van der Waals surface area contributed by atoms with Crippen LogP contribution in [0, 0.1) is 5.82 Å². The second-order valence-corrected chi connectivity index (χ2v) is 6.52. The summed E-state index contributed by atoms with van der Waals surface area (Å²) in [4.78, 5) is 13.0. The molecule has 2 rings (SSSR count). The van der Waals surface area contributed by atoms with Gasteiger partial charge in [0.15, 0.2) is 0 Å². The van der Waals surface area contributed by atoms with Crippen molar-refractivity contribution in [2.75, 3.05) is 0 Å². The lowest BCUT2D eigenvalue weighted by molar-refractivity contribution is 0.275. The molecule has 0 aliphatic rings. The number of hydrogen-bond donors (Lipinski definition) is 3. The molecule has 108 valence electrons. The number of rotatable bonds is 5. The summed E-state index contributed by atoms with van der Waals surface area (Å²) in [5.41, 5.74) is 0.338. The zero-order chi connectivity index (χ0) is 14.8. The SMILES string of the molecule is O=c1[nH]c(CNS(=O)(=O)c2ccc(F)c(CO)c2)cs1. The van der Waals surface area contributed by atoms with Crippen molar-refractivity contribution < 1.29 is 17.9 Å². The molecule has 0 fully saturated rings. The highest BCUT2D eigenvalue weighted by atomic mass is 32.2. The van der Waals surface area contributed by atoms with E-state index in [4.69, 9.17) is 5.11 Å². The minimum atomic E-state index is -3.84. The van der Waals surface area contributed by atoms with E-state index < -0.39 is 22.4 Å². The first-order chi connectivity index (χ1) is 9.42. The number of aromatic amines is 1. The number of H-pyrrole nitrogens is 1. The molecule has 1 aromatic heterocycles. The molecule has 0 radical (unpaired) electrons. The Labute approximate surface area is 118 Å². The quantitative estimate of drug-likeness (QED) is 0.749. The Hall–Kier alpha value is -1.55. The van der Waals surface area contributed by atoms with Crippen LogP contribution in [0.15, 0.2) is 33.3 Å². The number of aliphatic hydroxyl groups excluding tert-OH is 1. The number of aromatic nitrogens is 1. The number of thiazole rings is 1. The molecule has 1 aromatic carbocycles. The minimum Gasteiger partial charge on any atom is -0.392 e. The van der Waals surface area contributed by atoms with Crippen LogP contribution in [0.1, 0.15) is 11.3 Å². The predicted octanol–water partition coefficient (Wildman–Crippen LogP) is 0.546. The number of hydrogen-bond acceptors (Lipinski definition) is 5. The zero-order valence-electron chi connectivity index (χ0n) is 10.1. The van der Waals surface area contributed by atoms with Gasteiger partial charge in [0.05, 0.1) is 18.0 Å². The molecule has 0 amide bonds. The molecule has 3 N–H and O–H groups in total. The highest BCUT2D eigenvalue weighted by Gasteiger charge is 2.16. The lowest BCUT2D eigenvalue weighted by atomic mass is 10.2. The van der Waals surface area contributed by atoms with Crippen LogP contribution in [-0.4, -0.2) is 18.5 Å². The molecule has 0 atom stereocenters. The fourth-order valence-corrected chi connectivity index (χ4v) is 3.13. The van der Waals surface area contributed by atoms with Crippen molar-refractivity contribution in [3.63, 3.8) is 0 Å². The molecule has 0 bridgehead atoms. The molecular formula is C11H11FN2O4S2. The molecule has 9 heteroatoms. The Morgan fingerprint density at radius 2 is 2.15 bits per heavy atom. The summed E-state index contributed by atoms with van der Waals surface area (Å²) in [7, 11) is -3.84. The second kappa shape index (κ2) is 5.83. The lowest BCUT2D eigenvalue weighted by Gasteiger charge is -2.07. The van der Waals surface area contributed by atoms with Gasteiger partial charge in [-0.15, -0.1) is 0 Å².